The summed E-state index contributed by atoms with van der Waals surface area (Å²) in [6.07, 6.45) is 0.989. The van der Waals surface area contributed by atoms with Gasteiger partial charge in [-0.25, -0.2) is 9.18 Å². The van der Waals surface area contributed by atoms with Gasteiger partial charge in [0.15, 0.2) is 11.6 Å². The first-order valence-corrected chi connectivity index (χ1v) is 7.31. The normalized spacial score (nSPS) is 20.0. The van der Waals surface area contributed by atoms with Crippen molar-refractivity contribution in [3.63, 3.8) is 0 Å². The number of carbonyl (C=O) groups excluding carboxylic acids is 2. The maximum Gasteiger partial charge on any atom is 0.328 e. The lowest BCUT2D eigenvalue weighted by molar-refractivity contribution is -0.145. The van der Waals surface area contributed by atoms with Gasteiger partial charge in [0.1, 0.15) is 12.1 Å². The summed E-state index contributed by atoms with van der Waals surface area (Å²) in [7, 11) is 1.24. The molecule has 24 heavy (non-hydrogen) atoms. The van der Waals surface area contributed by atoms with E-state index in [1.165, 1.54) is 36.4 Å². The molecule has 1 saturated heterocycles. The maximum atomic E-state index is 13.7. The van der Waals surface area contributed by atoms with Crippen molar-refractivity contribution in [3.05, 3.63) is 48.1 Å². The first-order chi connectivity index (χ1) is 11.6. The Morgan fingerprint density at radius 2 is 2.12 bits per heavy atom. The predicted octanol–water partition coefficient (Wildman–Crippen LogP) is 1.65. The third-order valence-electron chi connectivity index (χ3n) is 3.78. The molecule has 0 unspecified atom stereocenters. The third-order valence-corrected chi connectivity index (χ3v) is 3.78. The number of carbonyl (C=O) groups is 2. The number of halogens is 1. The fraction of sp³-hybridized carbons (Fsp3) is 0.312. The van der Waals surface area contributed by atoms with E-state index in [0.717, 1.165) is 0 Å². The molecule has 1 amide bonds. The number of para-hydroxylation sites is 1. The molecule has 1 aromatic heterocycles. The second-order valence-electron chi connectivity index (χ2n) is 5.28. The van der Waals surface area contributed by atoms with Crippen LogP contribution < -0.4 is 4.74 Å². The molecule has 8 heteroatoms. The Labute approximate surface area is 136 Å². The van der Waals surface area contributed by atoms with E-state index in [2.05, 4.69) is 5.16 Å². The fourth-order valence-corrected chi connectivity index (χ4v) is 2.65. The summed E-state index contributed by atoms with van der Waals surface area (Å²) in [6, 6.07) is 6.53. The van der Waals surface area contributed by atoms with Gasteiger partial charge in [-0.15, -0.1) is 0 Å². The highest BCUT2D eigenvalue weighted by atomic mass is 19.1. The van der Waals surface area contributed by atoms with Crippen LogP contribution in [0.2, 0.25) is 0 Å². The predicted molar refractivity (Wildman–Crippen MR) is 78.8 cm³/mol. The quantitative estimate of drug-likeness (QED) is 0.791. The van der Waals surface area contributed by atoms with Crippen LogP contribution in [-0.2, 0) is 9.53 Å². The Morgan fingerprint density at radius 1 is 1.33 bits per heavy atom. The highest BCUT2D eigenvalue weighted by molar-refractivity contribution is 5.94. The zero-order valence-corrected chi connectivity index (χ0v) is 12.8. The molecule has 2 atom stereocenters. The third kappa shape index (κ3) is 3.08. The van der Waals surface area contributed by atoms with Gasteiger partial charge in [0, 0.05) is 12.5 Å². The molecule has 0 aliphatic carbocycles. The Balaban J connectivity index is 1.79. The molecule has 2 heterocycles. The summed E-state index contributed by atoms with van der Waals surface area (Å²) in [5.41, 5.74) is 0. The molecule has 0 bridgehead atoms. The molecule has 0 saturated carbocycles. The van der Waals surface area contributed by atoms with Gasteiger partial charge in [0.2, 0.25) is 5.76 Å². The van der Waals surface area contributed by atoms with Gasteiger partial charge in [-0.3, -0.25) is 4.79 Å². The number of rotatable bonds is 4. The lowest BCUT2D eigenvalue weighted by Gasteiger charge is -2.20. The van der Waals surface area contributed by atoms with Crippen molar-refractivity contribution < 1.29 is 28.0 Å². The van der Waals surface area contributed by atoms with E-state index in [1.54, 1.807) is 12.1 Å². The van der Waals surface area contributed by atoms with Crippen molar-refractivity contribution in [1.29, 1.82) is 0 Å². The molecule has 0 spiro atoms. The van der Waals surface area contributed by atoms with Gasteiger partial charge in [-0.2, -0.15) is 0 Å². The number of hydrogen-bond donors (Lipinski definition) is 0. The van der Waals surface area contributed by atoms with Crippen LogP contribution >= 0.6 is 0 Å². The number of hydrogen-bond acceptors (Lipinski definition) is 6. The van der Waals surface area contributed by atoms with Crippen molar-refractivity contribution in [1.82, 2.24) is 10.1 Å². The number of aromatic nitrogens is 1. The lowest BCUT2D eigenvalue weighted by atomic mass is 10.2. The van der Waals surface area contributed by atoms with Crippen LogP contribution in [0.25, 0.3) is 0 Å². The second-order valence-corrected chi connectivity index (χ2v) is 5.28. The fourth-order valence-electron chi connectivity index (χ4n) is 2.65. The van der Waals surface area contributed by atoms with Crippen molar-refractivity contribution in [2.75, 3.05) is 13.7 Å². The van der Waals surface area contributed by atoms with E-state index in [-0.39, 0.29) is 24.5 Å². The number of ether oxygens (including phenoxy) is 2. The van der Waals surface area contributed by atoms with Crippen molar-refractivity contribution in [3.8, 4) is 5.75 Å². The second kappa shape index (κ2) is 6.69. The Bertz CT molecular complexity index is 734. The lowest BCUT2D eigenvalue weighted by Crippen LogP contribution is -2.41. The first-order valence-electron chi connectivity index (χ1n) is 7.31. The number of methoxy groups -OCH3 is 1. The maximum absolute atomic E-state index is 13.7. The molecule has 7 nitrogen and oxygen atoms in total. The minimum atomic E-state index is -0.829. The van der Waals surface area contributed by atoms with E-state index in [9.17, 15) is 14.0 Å². The summed E-state index contributed by atoms with van der Waals surface area (Å²) in [4.78, 5) is 25.7. The smallest absolute Gasteiger partial charge is 0.328 e. The molecular formula is C16H15FN2O5. The average Bonchev–Trinajstić information content (AvgIpc) is 3.25. The molecule has 3 rings (SSSR count). The number of amides is 1. The van der Waals surface area contributed by atoms with Crippen LogP contribution in [0.5, 0.6) is 5.75 Å². The van der Waals surface area contributed by atoms with E-state index in [1.807, 2.05) is 0 Å². The summed E-state index contributed by atoms with van der Waals surface area (Å²) in [5, 5.41) is 3.48. The Morgan fingerprint density at radius 3 is 2.79 bits per heavy atom. The standard InChI is InChI=1S/C16H15FN2O5/c1-22-16(21)12-8-10(23-13-5-3-2-4-11(13)17)9-19(12)15(20)14-6-7-18-24-14/h2-7,10,12H,8-9H2,1H3/t10-,12-/m1/s1. The van der Waals surface area contributed by atoms with Gasteiger partial charge >= 0.3 is 5.97 Å². The van der Waals surface area contributed by atoms with Gasteiger partial charge in [0.05, 0.1) is 19.9 Å². The van der Waals surface area contributed by atoms with Crippen LogP contribution in [-0.4, -0.2) is 47.7 Å². The summed E-state index contributed by atoms with van der Waals surface area (Å²) in [5.74, 6) is -1.49. The number of nitrogens with zero attached hydrogens (tertiary/aromatic N) is 2. The molecule has 1 aromatic carbocycles. The molecular weight excluding hydrogens is 319 g/mol. The molecule has 126 valence electrons. The summed E-state index contributed by atoms with van der Waals surface area (Å²) >= 11 is 0. The molecule has 1 aliphatic heterocycles. The highest BCUT2D eigenvalue weighted by Gasteiger charge is 2.42. The minimum Gasteiger partial charge on any atom is -0.485 e. The molecule has 2 aromatic rings. The molecule has 0 N–H and O–H groups in total. The highest BCUT2D eigenvalue weighted by Crippen LogP contribution is 2.26. The molecule has 0 radical (unpaired) electrons. The Kier molecular flexibility index (Phi) is 4.45. The van der Waals surface area contributed by atoms with Crippen molar-refractivity contribution >= 4 is 11.9 Å². The SMILES string of the molecule is COC(=O)[C@H]1C[C@@H](Oc2ccccc2F)CN1C(=O)c1ccno1. The zero-order valence-electron chi connectivity index (χ0n) is 12.8. The number of likely N-dealkylation sites (tertiary alicyclic amines) is 1. The topological polar surface area (TPSA) is 81.9 Å². The van der Waals surface area contributed by atoms with E-state index in [0.29, 0.717) is 0 Å². The van der Waals surface area contributed by atoms with Gasteiger partial charge in [0.25, 0.3) is 5.91 Å². The van der Waals surface area contributed by atoms with E-state index < -0.39 is 29.8 Å². The van der Waals surface area contributed by atoms with Crippen LogP contribution in [0.1, 0.15) is 17.0 Å². The van der Waals surface area contributed by atoms with Crippen molar-refractivity contribution in [2.45, 2.75) is 18.6 Å². The molecule has 1 fully saturated rings. The van der Waals surface area contributed by atoms with Crippen molar-refractivity contribution in [2.24, 2.45) is 0 Å². The van der Waals surface area contributed by atoms with E-state index >= 15 is 0 Å². The largest absolute Gasteiger partial charge is 0.485 e. The van der Waals surface area contributed by atoms with Gasteiger partial charge in [-0.05, 0) is 12.1 Å². The van der Waals surface area contributed by atoms with Crippen LogP contribution in [0.15, 0.2) is 41.1 Å². The minimum absolute atomic E-state index is 0.00967. The number of esters is 1. The van der Waals surface area contributed by atoms with Gasteiger partial charge in [-0.1, -0.05) is 17.3 Å². The summed E-state index contributed by atoms with van der Waals surface area (Å²) < 4.78 is 28.9. The molecule has 1 aliphatic rings. The van der Waals surface area contributed by atoms with Crippen LogP contribution in [0.4, 0.5) is 4.39 Å². The summed E-state index contributed by atoms with van der Waals surface area (Å²) in [6.45, 7) is 0.105. The van der Waals surface area contributed by atoms with E-state index in [4.69, 9.17) is 14.0 Å². The number of benzene rings is 1. The van der Waals surface area contributed by atoms with Crippen LogP contribution in [0, 0.1) is 5.82 Å². The van der Waals surface area contributed by atoms with Crippen LogP contribution in [0.3, 0.4) is 0 Å². The zero-order chi connectivity index (χ0) is 17.1. The first kappa shape index (κ1) is 16.0. The average molecular weight is 334 g/mol. The monoisotopic (exact) mass is 334 g/mol. The Hall–Kier alpha value is -2.90. The van der Waals surface area contributed by atoms with Gasteiger partial charge < -0.3 is 18.9 Å².